The summed E-state index contributed by atoms with van der Waals surface area (Å²) in [5.74, 6) is 1.59. The fraction of sp³-hybridized carbons (Fsp3) is 0.357. The molecular weight excluding hydrogens is 240 g/mol. The maximum absolute atomic E-state index is 6.07. The molecule has 3 N–H and O–H groups in total. The van der Waals surface area contributed by atoms with Gasteiger partial charge in [-0.1, -0.05) is 6.07 Å². The topological polar surface area (TPSA) is 65.1 Å². The van der Waals surface area contributed by atoms with Crippen LogP contribution in [-0.4, -0.2) is 16.9 Å². The van der Waals surface area contributed by atoms with Crippen molar-refractivity contribution in [3.05, 3.63) is 29.5 Å². The lowest BCUT2D eigenvalue weighted by Crippen LogP contribution is -2.05. The average molecular weight is 260 g/mol. The molecule has 102 valence electrons. The van der Waals surface area contributed by atoms with Crippen molar-refractivity contribution in [3.63, 3.8) is 0 Å². The smallest absolute Gasteiger partial charge is 0.152 e. The summed E-state index contributed by atoms with van der Waals surface area (Å²) in [4.78, 5) is 0. The Morgan fingerprint density at radius 3 is 2.74 bits per heavy atom. The van der Waals surface area contributed by atoms with Crippen LogP contribution >= 0.6 is 0 Å². The zero-order valence-electron chi connectivity index (χ0n) is 11.8. The number of aryl methyl sites for hydroxylation is 3. The predicted molar refractivity (Wildman–Crippen MR) is 78.1 cm³/mol. The summed E-state index contributed by atoms with van der Waals surface area (Å²) >= 11 is 0. The number of rotatable bonds is 4. The molecule has 0 spiro atoms. The second kappa shape index (κ2) is 5.22. The van der Waals surface area contributed by atoms with Gasteiger partial charge in [0.05, 0.1) is 24.2 Å². The molecule has 0 saturated carbocycles. The third-order valence-corrected chi connectivity index (χ3v) is 3.08. The van der Waals surface area contributed by atoms with Gasteiger partial charge in [-0.05, 0) is 38.5 Å². The van der Waals surface area contributed by atoms with Crippen molar-refractivity contribution in [3.8, 4) is 5.75 Å². The number of hydrogen-bond acceptors (Lipinski definition) is 4. The van der Waals surface area contributed by atoms with Crippen LogP contribution in [0.3, 0.4) is 0 Å². The molecule has 2 aromatic rings. The molecule has 0 unspecified atom stereocenters. The first-order valence-electron chi connectivity index (χ1n) is 6.31. The number of methoxy groups -OCH3 is 1. The highest BCUT2D eigenvalue weighted by molar-refractivity contribution is 5.74. The second-order valence-corrected chi connectivity index (χ2v) is 4.49. The van der Waals surface area contributed by atoms with Gasteiger partial charge in [0.15, 0.2) is 5.82 Å². The zero-order valence-corrected chi connectivity index (χ0v) is 11.8. The first kappa shape index (κ1) is 13.3. The Morgan fingerprint density at radius 2 is 2.11 bits per heavy atom. The number of anilines is 3. The van der Waals surface area contributed by atoms with Crippen molar-refractivity contribution in [1.29, 1.82) is 0 Å². The van der Waals surface area contributed by atoms with Crippen LogP contribution in [0.2, 0.25) is 0 Å². The van der Waals surface area contributed by atoms with Gasteiger partial charge in [0.1, 0.15) is 5.75 Å². The van der Waals surface area contributed by atoms with E-state index in [9.17, 15) is 0 Å². The molecule has 1 heterocycles. The maximum atomic E-state index is 6.07. The van der Waals surface area contributed by atoms with Gasteiger partial charge in [0, 0.05) is 6.54 Å². The van der Waals surface area contributed by atoms with Gasteiger partial charge in [-0.15, -0.1) is 0 Å². The van der Waals surface area contributed by atoms with Gasteiger partial charge in [0.2, 0.25) is 0 Å². The third kappa shape index (κ3) is 2.50. The van der Waals surface area contributed by atoms with Crippen LogP contribution in [0.15, 0.2) is 18.2 Å². The molecule has 0 aliphatic rings. The fourth-order valence-electron chi connectivity index (χ4n) is 2.00. The van der Waals surface area contributed by atoms with E-state index < -0.39 is 0 Å². The van der Waals surface area contributed by atoms with Crippen molar-refractivity contribution >= 4 is 17.2 Å². The van der Waals surface area contributed by atoms with Crippen LogP contribution in [0.5, 0.6) is 5.75 Å². The molecule has 5 heteroatoms. The summed E-state index contributed by atoms with van der Waals surface area (Å²) in [7, 11) is 1.65. The van der Waals surface area contributed by atoms with Crippen LogP contribution < -0.4 is 15.8 Å². The summed E-state index contributed by atoms with van der Waals surface area (Å²) in [6, 6.07) is 5.98. The lowest BCUT2D eigenvalue weighted by atomic mass is 10.2. The van der Waals surface area contributed by atoms with Crippen LogP contribution in [0.1, 0.15) is 18.2 Å². The van der Waals surface area contributed by atoms with E-state index in [1.807, 2.05) is 43.7 Å². The van der Waals surface area contributed by atoms with E-state index in [2.05, 4.69) is 10.4 Å². The van der Waals surface area contributed by atoms with Crippen LogP contribution in [0.25, 0.3) is 0 Å². The summed E-state index contributed by atoms with van der Waals surface area (Å²) < 4.78 is 7.21. The monoisotopic (exact) mass is 260 g/mol. The summed E-state index contributed by atoms with van der Waals surface area (Å²) in [6.45, 7) is 6.73. The second-order valence-electron chi connectivity index (χ2n) is 4.49. The molecule has 0 aliphatic heterocycles. The molecule has 0 bridgehead atoms. The Balaban J connectivity index is 2.43. The minimum atomic E-state index is 0.672. The molecule has 0 aliphatic carbocycles. The first-order chi connectivity index (χ1) is 9.06. The van der Waals surface area contributed by atoms with Crippen molar-refractivity contribution in [2.24, 2.45) is 0 Å². The van der Waals surface area contributed by atoms with Gasteiger partial charge >= 0.3 is 0 Å². The molecule has 1 aromatic carbocycles. The van der Waals surface area contributed by atoms with Gasteiger partial charge in [-0.2, -0.15) is 5.10 Å². The molecule has 0 radical (unpaired) electrons. The Kier molecular flexibility index (Phi) is 3.64. The van der Waals surface area contributed by atoms with E-state index in [1.54, 1.807) is 7.11 Å². The number of benzene rings is 1. The van der Waals surface area contributed by atoms with Crippen molar-refractivity contribution in [1.82, 2.24) is 9.78 Å². The molecule has 0 amide bonds. The normalized spacial score (nSPS) is 10.5. The first-order valence-corrected chi connectivity index (χ1v) is 6.31. The predicted octanol–water partition coefficient (Wildman–Crippen LogP) is 2.85. The fourth-order valence-corrected chi connectivity index (χ4v) is 2.00. The van der Waals surface area contributed by atoms with Crippen molar-refractivity contribution in [2.45, 2.75) is 27.3 Å². The van der Waals surface area contributed by atoms with Crippen LogP contribution in [-0.2, 0) is 6.54 Å². The largest absolute Gasteiger partial charge is 0.495 e. The van der Waals surface area contributed by atoms with Crippen LogP contribution in [0.4, 0.5) is 17.2 Å². The summed E-state index contributed by atoms with van der Waals surface area (Å²) in [6.07, 6.45) is 0. The highest BCUT2D eigenvalue weighted by Gasteiger charge is 2.13. The SMILES string of the molecule is CCn1nc(C)c(N)c1Nc1cc(C)ccc1OC. The minimum absolute atomic E-state index is 0.672. The number of nitrogens with zero attached hydrogens (tertiary/aromatic N) is 2. The van der Waals surface area contributed by atoms with Gasteiger partial charge in [0.25, 0.3) is 0 Å². The Morgan fingerprint density at radius 1 is 1.37 bits per heavy atom. The quantitative estimate of drug-likeness (QED) is 0.887. The van der Waals surface area contributed by atoms with E-state index in [4.69, 9.17) is 10.5 Å². The van der Waals surface area contributed by atoms with E-state index >= 15 is 0 Å². The number of nitrogen functional groups attached to an aromatic ring is 1. The lowest BCUT2D eigenvalue weighted by molar-refractivity contribution is 0.416. The molecule has 1 aromatic heterocycles. The molecule has 0 saturated heterocycles. The molecule has 0 fully saturated rings. The summed E-state index contributed by atoms with van der Waals surface area (Å²) in [5.41, 5.74) is 9.62. The number of aromatic nitrogens is 2. The van der Waals surface area contributed by atoms with Crippen LogP contribution in [0, 0.1) is 13.8 Å². The molecular formula is C14H20N4O. The Hall–Kier alpha value is -2.17. The number of nitrogens with one attached hydrogen (secondary N) is 1. The van der Waals surface area contributed by atoms with Gasteiger partial charge < -0.3 is 15.8 Å². The molecule has 0 atom stereocenters. The van der Waals surface area contributed by atoms with E-state index in [0.29, 0.717) is 5.69 Å². The van der Waals surface area contributed by atoms with Gasteiger partial charge in [-0.3, -0.25) is 0 Å². The minimum Gasteiger partial charge on any atom is -0.495 e. The Labute approximate surface area is 113 Å². The van der Waals surface area contributed by atoms with Gasteiger partial charge in [-0.25, -0.2) is 4.68 Å². The van der Waals surface area contributed by atoms with E-state index in [0.717, 1.165) is 35.1 Å². The summed E-state index contributed by atoms with van der Waals surface area (Å²) in [5, 5.41) is 7.71. The van der Waals surface area contributed by atoms with E-state index in [-0.39, 0.29) is 0 Å². The van der Waals surface area contributed by atoms with Crippen molar-refractivity contribution < 1.29 is 4.74 Å². The number of ether oxygens (including phenoxy) is 1. The highest BCUT2D eigenvalue weighted by atomic mass is 16.5. The number of nitrogens with two attached hydrogens (primary N) is 1. The van der Waals surface area contributed by atoms with Crippen molar-refractivity contribution in [2.75, 3.05) is 18.2 Å². The molecule has 5 nitrogen and oxygen atoms in total. The molecule has 19 heavy (non-hydrogen) atoms. The lowest BCUT2D eigenvalue weighted by Gasteiger charge is -2.13. The third-order valence-electron chi connectivity index (χ3n) is 3.08. The molecule has 2 rings (SSSR count). The highest BCUT2D eigenvalue weighted by Crippen LogP contribution is 2.32. The Bertz CT molecular complexity index is 589. The average Bonchev–Trinajstić information content (AvgIpc) is 2.67. The van der Waals surface area contributed by atoms with E-state index in [1.165, 1.54) is 0 Å². The number of hydrogen-bond donors (Lipinski definition) is 2. The zero-order chi connectivity index (χ0) is 14.0. The standard InChI is InChI=1S/C14H20N4O/c1-5-18-14(13(15)10(3)17-18)16-11-8-9(2)6-7-12(11)19-4/h6-8,16H,5,15H2,1-4H3. The maximum Gasteiger partial charge on any atom is 0.152 e.